The van der Waals surface area contributed by atoms with E-state index in [0.717, 1.165) is 26.1 Å². The lowest BCUT2D eigenvalue weighted by Crippen LogP contribution is -2.56. The first-order valence-corrected chi connectivity index (χ1v) is 11.7. The van der Waals surface area contributed by atoms with Gasteiger partial charge >= 0.3 is 0 Å². The molecule has 0 bridgehead atoms. The lowest BCUT2D eigenvalue weighted by molar-refractivity contribution is -0.0233. The molecule has 1 saturated carbocycles. The minimum absolute atomic E-state index is 0.0790. The van der Waals surface area contributed by atoms with Gasteiger partial charge in [0.05, 0.1) is 18.6 Å². The summed E-state index contributed by atoms with van der Waals surface area (Å²) in [5.74, 6) is 0.352. The molecule has 2 aliphatic rings. The van der Waals surface area contributed by atoms with Gasteiger partial charge in [-0.25, -0.2) is 23.1 Å². The highest BCUT2D eigenvalue weighted by molar-refractivity contribution is 6.03. The fourth-order valence-electron chi connectivity index (χ4n) is 4.22. The average molecular weight is 489 g/mol. The summed E-state index contributed by atoms with van der Waals surface area (Å²) in [5.41, 5.74) is -2.28. The number of halogens is 3. The Hall–Kier alpha value is -3.01. The molecule has 1 aromatic carbocycles. The van der Waals surface area contributed by atoms with Crippen molar-refractivity contribution < 1.29 is 18.0 Å². The van der Waals surface area contributed by atoms with Crippen molar-refractivity contribution in [1.29, 1.82) is 5.41 Å². The summed E-state index contributed by atoms with van der Waals surface area (Å²) >= 11 is 0. The Balaban J connectivity index is 1.50. The van der Waals surface area contributed by atoms with Crippen LogP contribution < -0.4 is 5.32 Å². The number of carbonyl (C=O) groups excluding carboxylic acids is 1. The number of alkyl halides is 3. The van der Waals surface area contributed by atoms with Crippen molar-refractivity contribution in [3.63, 3.8) is 0 Å². The topological polar surface area (TPSA) is 85.2 Å². The molecule has 0 spiro atoms. The van der Waals surface area contributed by atoms with Crippen LogP contribution in [0.3, 0.4) is 0 Å². The molecule has 1 aromatic heterocycles. The molecule has 2 heterocycles. The van der Waals surface area contributed by atoms with Crippen molar-refractivity contribution >= 4 is 17.9 Å². The van der Waals surface area contributed by atoms with Crippen LogP contribution in [0.1, 0.15) is 60.2 Å². The lowest BCUT2D eigenvalue weighted by Gasteiger charge is -2.42. The van der Waals surface area contributed by atoms with Gasteiger partial charge in [0.25, 0.3) is 5.91 Å². The van der Waals surface area contributed by atoms with Crippen LogP contribution in [-0.4, -0.2) is 70.5 Å². The first kappa shape index (κ1) is 25.1. The molecule has 4 rings (SSSR count). The number of carbonyl (C=O) groups is 1. The maximum Gasteiger partial charge on any atom is 0.274 e. The molecule has 2 atom stereocenters. The maximum absolute atomic E-state index is 15.3. The number of nitrogens with zero attached hydrogens (tertiary/aromatic N) is 4. The minimum atomic E-state index is -2.32. The van der Waals surface area contributed by atoms with E-state index in [1.165, 1.54) is 24.1 Å². The number of hydrogen-bond acceptors (Lipinski definition) is 5. The first-order chi connectivity index (χ1) is 16.5. The van der Waals surface area contributed by atoms with E-state index >= 15 is 4.39 Å². The van der Waals surface area contributed by atoms with E-state index in [1.807, 2.05) is 4.90 Å². The number of anilines is 1. The van der Waals surface area contributed by atoms with Gasteiger partial charge in [0.15, 0.2) is 11.8 Å². The monoisotopic (exact) mass is 488 g/mol. The predicted octanol–water partition coefficient (Wildman–Crippen LogP) is 4.21. The quantitative estimate of drug-likeness (QED) is 0.387. The van der Waals surface area contributed by atoms with Gasteiger partial charge in [0.1, 0.15) is 17.2 Å². The number of aromatic nitrogens is 2. The van der Waals surface area contributed by atoms with Crippen LogP contribution in [0, 0.1) is 5.41 Å². The zero-order valence-corrected chi connectivity index (χ0v) is 20.2. The largest absolute Gasteiger partial charge is 0.363 e. The Labute approximate surface area is 203 Å². The summed E-state index contributed by atoms with van der Waals surface area (Å²) in [5, 5.41) is 9.90. The smallest absolute Gasteiger partial charge is 0.274 e. The van der Waals surface area contributed by atoms with Gasteiger partial charge in [-0.1, -0.05) is 12.1 Å². The fraction of sp³-hybridized carbons (Fsp3) is 0.520. The molecule has 7 nitrogen and oxygen atoms in total. The van der Waals surface area contributed by atoms with Gasteiger partial charge in [-0.3, -0.25) is 15.1 Å². The van der Waals surface area contributed by atoms with Crippen molar-refractivity contribution in [1.82, 2.24) is 19.8 Å². The first-order valence-electron chi connectivity index (χ1n) is 11.7. The second-order valence-corrected chi connectivity index (χ2v) is 10.1. The minimum Gasteiger partial charge on any atom is -0.363 e. The van der Waals surface area contributed by atoms with Crippen LogP contribution >= 0.6 is 0 Å². The fourth-order valence-corrected chi connectivity index (χ4v) is 4.22. The summed E-state index contributed by atoms with van der Waals surface area (Å²) in [7, 11) is 1.50. The number of benzene rings is 1. The molecule has 2 fully saturated rings. The van der Waals surface area contributed by atoms with Gasteiger partial charge < -0.3 is 10.2 Å². The van der Waals surface area contributed by atoms with Crippen molar-refractivity contribution in [3.8, 4) is 0 Å². The number of nitrogens with one attached hydrogen (secondary N) is 2. The Morgan fingerprint density at radius 2 is 2.09 bits per heavy atom. The molecule has 1 unspecified atom stereocenters. The number of rotatable bonds is 10. The van der Waals surface area contributed by atoms with Gasteiger partial charge in [-0.2, -0.15) is 0 Å². The molecule has 0 radical (unpaired) electrons. The van der Waals surface area contributed by atoms with Crippen LogP contribution in [0.4, 0.5) is 18.9 Å². The van der Waals surface area contributed by atoms with E-state index in [-0.39, 0.29) is 23.7 Å². The molecular formula is C25H31F3N6O. The zero-order valence-electron chi connectivity index (χ0n) is 20.2. The van der Waals surface area contributed by atoms with Crippen LogP contribution in [0.15, 0.2) is 30.3 Å². The van der Waals surface area contributed by atoms with Crippen molar-refractivity contribution in [2.24, 2.45) is 0 Å². The van der Waals surface area contributed by atoms with Crippen molar-refractivity contribution in [2.45, 2.75) is 56.7 Å². The molecule has 35 heavy (non-hydrogen) atoms. The average Bonchev–Trinajstić information content (AvgIpc) is 3.63. The van der Waals surface area contributed by atoms with Crippen molar-refractivity contribution in [3.05, 3.63) is 53.1 Å². The number of hydrogen-bond donors (Lipinski definition) is 2. The van der Waals surface area contributed by atoms with Gasteiger partial charge in [0, 0.05) is 38.3 Å². The van der Waals surface area contributed by atoms with E-state index in [2.05, 4.69) is 15.3 Å². The van der Waals surface area contributed by atoms with Crippen LogP contribution in [0.5, 0.6) is 0 Å². The van der Waals surface area contributed by atoms with Gasteiger partial charge in [-0.05, 0) is 50.5 Å². The summed E-state index contributed by atoms with van der Waals surface area (Å²) in [6, 6.07) is 7.62. The molecule has 1 aliphatic carbocycles. The molecule has 2 aromatic rings. The second-order valence-electron chi connectivity index (χ2n) is 10.1. The van der Waals surface area contributed by atoms with E-state index < -0.39 is 23.4 Å². The summed E-state index contributed by atoms with van der Waals surface area (Å²) in [4.78, 5) is 25.2. The Morgan fingerprint density at radius 1 is 1.37 bits per heavy atom. The van der Waals surface area contributed by atoms with Crippen molar-refractivity contribution in [2.75, 3.05) is 32.0 Å². The Morgan fingerprint density at radius 3 is 2.71 bits per heavy atom. The highest BCUT2D eigenvalue weighted by atomic mass is 19.2. The zero-order chi connectivity index (χ0) is 25.4. The van der Waals surface area contributed by atoms with Crippen LogP contribution in [0.25, 0.3) is 0 Å². The molecule has 188 valence electrons. The number of amides is 1. The van der Waals surface area contributed by atoms with E-state index in [4.69, 9.17) is 5.41 Å². The molecule has 1 amide bonds. The second kappa shape index (κ2) is 9.56. The standard InChI is InChI=1S/C25H31F3N6O/c1-24(27)13-34(14-24)11-19-10-20(32-22(30-19)16-7-8-16)23(35)31-18-6-4-5-17(9-18)25(2,28)21(26)12-33(3)15-29/h4-6,9-10,15-16,21,29H,7-8,11-14H2,1-3H3,(H,31,35)/t21?,25-/m0/s1. The third-order valence-corrected chi connectivity index (χ3v) is 6.41. The van der Waals surface area contributed by atoms with Crippen LogP contribution in [0.2, 0.25) is 0 Å². The highest BCUT2D eigenvalue weighted by Crippen LogP contribution is 2.38. The summed E-state index contributed by atoms with van der Waals surface area (Å²) in [6.45, 7) is 3.49. The molecule has 10 heteroatoms. The molecule has 1 saturated heterocycles. The summed E-state index contributed by atoms with van der Waals surface area (Å²) in [6.07, 6.45) is 0.985. The molecule has 1 aliphatic heterocycles. The highest BCUT2D eigenvalue weighted by Gasteiger charge is 2.39. The maximum atomic E-state index is 15.3. The number of likely N-dealkylation sites (tertiary alicyclic amines) is 1. The Kier molecular flexibility index (Phi) is 6.86. The van der Waals surface area contributed by atoms with E-state index in [0.29, 0.717) is 36.8 Å². The molecular weight excluding hydrogens is 457 g/mol. The third kappa shape index (κ3) is 5.98. The third-order valence-electron chi connectivity index (χ3n) is 6.41. The molecule has 2 N–H and O–H groups in total. The van der Waals surface area contributed by atoms with Gasteiger partial charge in [0.2, 0.25) is 0 Å². The van der Waals surface area contributed by atoms with Crippen LogP contribution in [-0.2, 0) is 12.2 Å². The summed E-state index contributed by atoms with van der Waals surface area (Å²) < 4.78 is 43.9. The Bertz CT molecular complexity index is 1100. The predicted molar refractivity (Wildman–Crippen MR) is 128 cm³/mol. The van der Waals surface area contributed by atoms with Gasteiger partial charge in [-0.15, -0.1) is 0 Å². The van der Waals surface area contributed by atoms with E-state index in [1.54, 1.807) is 25.1 Å². The normalized spacial score (nSPS) is 19.8. The van der Waals surface area contributed by atoms with E-state index in [9.17, 15) is 13.6 Å². The SMILES string of the molecule is CN(C=N)CC(F)[C@@](C)(F)c1cccc(NC(=O)c2cc(CN3CC(C)(F)C3)nc(C3CC3)n2)c1. The lowest BCUT2D eigenvalue weighted by atomic mass is 9.92.